The first-order valence-electron chi connectivity index (χ1n) is 5.54. The van der Waals surface area contributed by atoms with Gasteiger partial charge >= 0.3 is 0 Å². The van der Waals surface area contributed by atoms with E-state index in [1.807, 2.05) is 6.07 Å². The van der Waals surface area contributed by atoms with Gasteiger partial charge in [0.15, 0.2) is 0 Å². The first-order chi connectivity index (χ1) is 7.40. The maximum atomic E-state index is 13.2. The lowest BCUT2D eigenvalue weighted by molar-refractivity contribution is 0.366. The largest absolute Gasteiger partial charge is 0.313 e. The van der Waals surface area contributed by atoms with Crippen LogP contribution in [0.5, 0.6) is 0 Å². The van der Waals surface area contributed by atoms with Gasteiger partial charge in [0.1, 0.15) is 5.82 Å². The topological polar surface area (TPSA) is 12.0 Å². The van der Waals surface area contributed by atoms with E-state index in [-0.39, 0.29) is 5.82 Å². The molecular weight excluding hydrogens is 269 g/mol. The molecule has 0 aliphatic carbocycles. The van der Waals surface area contributed by atoms with E-state index < -0.39 is 0 Å². The van der Waals surface area contributed by atoms with Gasteiger partial charge in [0.25, 0.3) is 0 Å². The molecule has 0 radical (unpaired) electrons. The van der Waals surface area contributed by atoms with Crippen LogP contribution in [0, 0.1) is 11.2 Å². The molecule has 0 aliphatic rings. The zero-order valence-corrected chi connectivity index (χ0v) is 11.7. The van der Waals surface area contributed by atoms with Gasteiger partial charge in [-0.15, -0.1) is 0 Å². The Labute approximate surface area is 106 Å². The summed E-state index contributed by atoms with van der Waals surface area (Å²) in [5, 5.41) is 3.33. The lowest BCUT2D eigenvalue weighted by atomic mass is 9.92. The van der Waals surface area contributed by atoms with Crippen LogP contribution >= 0.6 is 15.9 Å². The summed E-state index contributed by atoms with van der Waals surface area (Å²) in [5.41, 5.74) is 1.31. The Balaban J connectivity index is 2.41. The average Bonchev–Trinajstić information content (AvgIpc) is 2.17. The predicted octanol–water partition coefficient (Wildman–Crippen LogP) is 4.11. The Morgan fingerprint density at radius 3 is 2.62 bits per heavy atom. The van der Waals surface area contributed by atoms with Crippen LogP contribution in [-0.2, 0) is 6.54 Å². The van der Waals surface area contributed by atoms with Crippen LogP contribution in [0.25, 0.3) is 0 Å². The molecule has 3 heteroatoms. The van der Waals surface area contributed by atoms with Gasteiger partial charge in [-0.25, -0.2) is 4.39 Å². The maximum absolute atomic E-state index is 13.2. The molecule has 1 aromatic carbocycles. The second-order valence-corrected chi connectivity index (χ2v) is 5.99. The van der Waals surface area contributed by atoms with Gasteiger partial charge in [0.2, 0.25) is 0 Å². The maximum Gasteiger partial charge on any atom is 0.137 e. The Bertz CT molecular complexity index is 344. The monoisotopic (exact) mass is 287 g/mol. The fraction of sp³-hybridized carbons (Fsp3) is 0.538. The molecule has 0 aromatic heterocycles. The van der Waals surface area contributed by atoms with Gasteiger partial charge in [-0.2, -0.15) is 0 Å². The van der Waals surface area contributed by atoms with Crippen molar-refractivity contribution in [2.24, 2.45) is 5.41 Å². The van der Waals surface area contributed by atoms with E-state index in [0.717, 1.165) is 18.5 Å². The summed E-state index contributed by atoms with van der Waals surface area (Å²) in [5.74, 6) is -0.199. The van der Waals surface area contributed by atoms with Crippen LogP contribution in [0.2, 0.25) is 0 Å². The van der Waals surface area contributed by atoms with Gasteiger partial charge in [-0.1, -0.05) is 32.9 Å². The van der Waals surface area contributed by atoms with Crippen molar-refractivity contribution < 1.29 is 4.39 Å². The van der Waals surface area contributed by atoms with E-state index >= 15 is 0 Å². The van der Waals surface area contributed by atoms with Crippen LogP contribution in [-0.4, -0.2) is 6.54 Å². The molecular formula is C13H19BrFN. The second-order valence-electron chi connectivity index (χ2n) is 5.20. The normalized spacial score (nSPS) is 11.8. The highest BCUT2D eigenvalue weighted by atomic mass is 79.9. The highest BCUT2D eigenvalue weighted by molar-refractivity contribution is 9.10. The number of benzene rings is 1. The van der Waals surface area contributed by atoms with Gasteiger partial charge in [0, 0.05) is 6.54 Å². The van der Waals surface area contributed by atoms with E-state index in [0.29, 0.717) is 16.4 Å². The van der Waals surface area contributed by atoms with Crippen LogP contribution < -0.4 is 5.32 Å². The van der Waals surface area contributed by atoms with Crippen molar-refractivity contribution in [3.8, 4) is 0 Å². The fourth-order valence-corrected chi connectivity index (χ4v) is 1.78. The van der Waals surface area contributed by atoms with Crippen molar-refractivity contribution in [3.05, 3.63) is 34.1 Å². The third-order valence-electron chi connectivity index (χ3n) is 2.40. The summed E-state index contributed by atoms with van der Waals surface area (Å²) in [6.07, 6.45) is 1.11. The fourth-order valence-electron chi connectivity index (χ4n) is 1.37. The molecule has 90 valence electrons. The minimum absolute atomic E-state index is 0.199. The number of halogens is 2. The quantitative estimate of drug-likeness (QED) is 0.822. The van der Waals surface area contributed by atoms with Gasteiger partial charge in [-0.05, 0) is 45.9 Å². The first kappa shape index (κ1) is 13.7. The Hall–Kier alpha value is -0.410. The summed E-state index contributed by atoms with van der Waals surface area (Å²) in [6.45, 7) is 8.30. The van der Waals surface area contributed by atoms with Crippen LogP contribution in [0.1, 0.15) is 32.8 Å². The molecule has 0 amide bonds. The molecule has 0 saturated carbocycles. The lowest BCUT2D eigenvalue weighted by Gasteiger charge is -2.18. The summed E-state index contributed by atoms with van der Waals surface area (Å²) in [6, 6.07) is 5.13. The second kappa shape index (κ2) is 5.78. The highest BCUT2D eigenvalue weighted by Crippen LogP contribution is 2.20. The zero-order valence-electron chi connectivity index (χ0n) is 10.1. The molecule has 16 heavy (non-hydrogen) atoms. The summed E-state index contributed by atoms with van der Waals surface area (Å²) in [4.78, 5) is 0. The smallest absolute Gasteiger partial charge is 0.137 e. The summed E-state index contributed by atoms with van der Waals surface area (Å²) < 4.78 is 13.8. The minimum atomic E-state index is -0.199. The van der Waals surface area contributed by atoms with Crippen molar-refractivity contribution in [2.75, 3.05) is 6.54 Å². The molecule has 1 N–H and O–H groups in total. The van der Waals surface area contributed by atoms with Crippen molar-refractivity contribution in [1.82, 2.24) is 5.32 Å². The zero-order chi connectivity index (χ0) is 12.2. The van der Waals surface area contributed by atoms with Crippen LogP contribution in [0.3, 0.4) is 0 Å². The molecule has 0 bridgehead atoms. The molecule has 0 unspecified atom stereocenters. The summed E-state index contributed by atoms with van der Waals surface area (Å²) >= 11 is 3.26. The predicted molar refractivity (Wildman–Crippen MR) is 69.9 cm³/mol. The van der Waals surface area contributed by atoms with Crippen molar-refractivity contribution in [1.29, 1.82) is 0 Å². The van der Waals surface area contributed by atoms with Crippen molar-refractivity contribution in [3.63, 3.8) is 0 Å². The number of hydrogen-bond donors (Lipinski definition) is 1. The Morgan fingerprint density at radius 2 is 2.00 bits per heavy atom. The number of rotatable bonds is 4. The van der Waals surface area contributed by atoms with Crippen molar-refractivity contribution >= 4 is 15.9 Å². The van der Waals surface area contributed by atoms with Crippen LogP contribution in [0.15, 0.2) is 22.7 Å². The Morgan fingerprint density at radius 1 is 1.31 bits per heavy atom. The molecule has 0 fully saturated rings. The van der Waals surface area contributed by atoms with Crippen molar-refractivity contribution in [2.45, 2.75) is 33.7 Å². The van der Waals surface area contributed by atoms with E-state index in [9.17, 15) is 4.39 Å². The third kappa shape index (κ3) is 4.62. The number of hydrogen-bond acceptors (Lipinski definition) is 1. The third-order valence-corrected chi connectivity index (χ3v) is 3.29. The standard InChI is InChI=1S/C13H19BrFN/c1-13(2,3)7-8-16-9-10-5-4-6-11(15)12(10)14/h4-6,16H,7-9H2,1-3H3. The van der Waals surface area contributed by atoms with E-state index in [2.05, 4.69) is 42.0 Å². The van der Waals surface area contributed by atoms with E-state index in [4.69, 9.17) is 0 Å². The molecule has 0 atom stereocenters. The summed E-state index contributed by atoms with van der Waals surface area (Å²) in [7, 11) is 0. The number of nitrogens with one attached hydrogen (secondary N) is 1. The van der Waals surface area contributed by atoms with Gasteiger partial charge < -0.3 is 5.32 Å². The molecule has 0 saturated heterocycles. The first-order valence-corrected chi connectivity index (χ1v) is 6.33. The average molecular weight is 288 g/mol. The lowest BCUT2D eigenvalue weighted by Crippen LogP contribution is -2.20. The van der Waals surface area contributed by atoms with Gasteiger partial charge in [-0.3, -0.25) is 0 Å². The van der Waals surface area contributed by atoms with E-state index in [1.165, 1.54) is 6.07 Å². The van der Waals surface area contributed by atoms with Crippen LogP contribution in [0.4, 0.5) is 4.39 Å². The molecule has 1 rings (SSSR count). The highest BCUT2D eigenvalue weighted by Gasteiger charge is 2.09. The Kier molecular flexibility index (Phi) is 4.93. The SMILES string of the molecule is CC(C)(C)CCNCc1cccc(F)c1Br. The molecule has 0 heterocycles. The molecule has 1 aromatic rings. The molecule has 1 nitrogen and oxygen atoms in total. The van der Waals surface area contributed by atoms with E-state index in [1.54, 1.807) is 6.07 Å². The molecule has 0 aliphatic heterocycles. The minimum Gasteiger partial charge on any atom is -0.313 e. The molecule has 0 spiro atoms. The van der Waals surface area contributed by atoms with Gasteiger partial charge in [0.05, 0.1) is 4.47 Å².